The smallest absolute Gasteiger partial charge is 0.305 e. The highest BCUT2D eigenvalue weighted by atomic mass is 16.5. The fraction of sp³-hybridized carbons (Fsp3) is 0.857. The number of rotatable bonds is 8. The molecule has 4 nitrogen and oxygen atoms in total. The minimum atomic E-state index is -0.110. The van der Waals surface area contributed by atoms with E-state index in [1.807, 2.05) is 11.8 Å². The first kappa shape index (κ1) is 15.0. The number of hydrogen-bond donors (Lipinski definition) is 0. The molecule has 104 valence electrons. The van der Waals surface area contributed by atoms with Gasteiger partial charge in [-0.1, -0.05) is 19.8 Å². The van der Waals surface area contributed by atoms with E-state index in [1.54, 1.807) is 0 Å². The van der Waals surface area contributed by atoms with Crippen molar-refractivity contribution in [3.8, 4) is 0 Å². The topological polar surface area (TPSA) is 46.6 Å². The molecule has 1 amide bonds. The van der Waals surface area contributed by atoms with Crippen molar-refractivity contribution in [2.75, 3.05) is 19.7 Å². The molecule has 4 heteroatoms. The maximum atomic E-state index is 11.7. The van der Waals surface area contributed by atoms with E-state index in [1.165, 1.54) is 0 Å². The number of carbonyl (C=O) groups excluding carboxylic acids is 2. The van der Waals surface area contributed by atoms with Gasteiger partial charge < -0.3 is 9.64 Å². The van der Waals surface area contributed by atoms with Crippen molar-refractivity contribution in [2.45, 2.75) is 52.4 Å². The first-order chi connectivity index (χ1) is 8.67. The summed E-state index contributed by atoms with van der Waals surface area (Å²) < 4.78 is 4.86. The largest absolute Gasteiger partial charge is 0.466 e. The van der Waals surface area contributed by atoms with Gasteiger partial charge in [0.2, 0.25) is 5.91 Å². The van der Waals surface area contributed by atoms with Crippen LogP contribution in [0.4, 0.5) is 0 Å². The Morgan fingerprint density at radius 3 is 2.72 bits per heavy atom. The van der Waals surface area contributed by atoms with Gasteiger partial charge in [-0.3, -0.25) is 9.59 Å². The molecule has 1 atom stereocenters. The third kappa shape index (κ3) is 5.07. The van der Waals surface area contributed by atoms with Crippen molar-refractivity contribution in [2.24, 2.45) is 5.92 Å². The van der Waals surface area contributed by atoms with Gasteiger partial charge in [0.25, 0.3) is 0 Å². The molecule has 1 unspecified atom stereocenters. The SMILES string of the molecule is CCOC(=O)CCCCCN1CC(CC)CC1=O. The maximum absolute atomic E-state index is 11.7. The Labute approximate surface area is 110 Å². The van der Waals surface area contributed by atoms with Gasteiger partial charge in [0.05, 0.1) is 6.61 Å². The summed E-state index contributed by atoms with van der Waals surface area (Å²) in [7, 11) is 0. The van der Waals surface area contributed by atoms with E-state index in [2.05, 4.69) is 6.92 Å². The van der Waals surface area contributed by atoms with Gasteiger partial charge in [0, 0.05) is 25.9 Å². The van der Waals surface area contributed by atoms with E-state index in [4.69, 9.17) is 4.74 Å². The molecular weight excluding hydrogens is 230 g/mol. The molecule has 0 aromatic heterocycles. The average Bonchev–Trinajstić information content (AvgIpc) is 2.70. The monoisotopic (exact) mass is 255 g/mol. The lowest BCUT2D eigenvalue weighted by Gasteiger charge is -2.16. The molecule has 1 aliphatic heterocycles. The van der Waals surface area contributed by atoms with Crippen LogP contribution in [0.3, 0.4) is 0 Å². The van der Waals surface area contributed by atoms with E-state index in [9.17, 15) is 9.59 Å². The number of ether oxygens (including phenoxy) is 1. The van der Waals surface area contributed by atoms with Gasteiger partial charge >= 0.3 is 5.97 Å². The highest BCUT2D eigenvalue weighted by molar-refractivity contribution is 5.78. The normalized spacial score (nSPS) is 19.3. The second-order valence-electron chi connectivity index (χ2n) is 4.93. The van der Waals surface area contributed by atoms with Crippen LogP contribution in [0, 0.1) is 5.92 Å². The Bertz CT molecular complexity index is 278. The van der Waals surface area contributed by atoms with Crippen molar-refractivity contribution >= 4 is 11.9 Å². The number of amides is 1. The van der Waals surface area contributed by atoms with E-state index in [-0.39, 0.29) is 5.97 Å². The zero-order valence-electron chi connectivity index (χ0n) is 11.6. The lowest BCUT2D eigenvalue weighted by Crippen LogP contribution is -2.26. The molecule has 0 spiro atoms. The first-order valence-corrected chi connectivity index (χ1v) is 7.10. The molecule has 1 saturated heterocycles. The fourth-order valence-corrected chi connectivity index (χ4v) is 2.33. The van der Waals surface area contributed by atoms with Crippen LogP contribution in [0.15, 0.2) is 0 Å². The second kappa shape index (κ2) is 8.11. The molecular formula is C14H25NO3. The molecule has 1 heterocycles. The van der Waals surface area contributed by atoms with Gasteiger partial charge in [-0.15, -0.1) is 0 Å². The minimum absolute atomic E-state index is 0.110. The number of esters is 1. The van der Waals surface area contributed by atoms with Crippen LogP contribution in [0.25, 0.3) is 0 Å². The summed E-state index contributed by atoms with van der Waals surface area (Å²) >= 11 is 0. The van der Waals surface area contributed by atoms with Crippen LogP contribution < -0.4 is 0 Å². The van der Waals surface area contributed by atoms with Crippen LogP contribution in [0.2, 0.25) is 0 Å². The van der Waals surface area contributed by atoms with E-state index in [0.717, 1.165) is 45.2 Å². The minimum Gasteiger partial charge on any atom is -0.466 e. The maximum Gasteiger partial charge on any atom is 0.305 e. The van der Waals surface area contributed by atoms with Gasteiger partial charge in [0.1, 0.15) is 0 Å². The summed E-state index contributed by atoms with van der Waals surface area (Å²) in [5.74, 6) is 0.741. The molecule has 0 radical (unpaired) electrons. The lowest BCUT2D eigenvalue weighted by atomic mass is 10.1. The van der Waals surface area contributed by atoms with E-state index < -0.39 is 0 Å². The molecule has 0 N–H and O–H groups in total. The predicted octanol–water partition coefficient (Wildman–Crippen LogP) is 2.37. The van der Waals surface area contributed by atoms with Crippen LogP contribution in [-0.2, 0) is 14.3 Å². The number of unbranched alkanes of at least 4 members (excludes halogenated alkanes) is 2. The average molecular weight is 255 g/mol. The molecule has 18 heavy (non-hydrogen) atoms. The fourth-order valence-electron chi connectivity index (χ4n) is 2.33. The highest BCUT2D eigenvalue weighted by Gasteiger charge is 2.27. The zero-order chi connectivity index (χ0) is 13.4. The number of likely N-dealkylation sites (tertiary alicyclic amines) is 1. The zero-order valence-corrected chi connectivity index (χ0v) is 11.6. The number of carbonyl (C=O) groups is 2. The van der Waals surface area contributed by atoms with E-state index in [0.29, 0.717) is 24.9 Å². The van der Waals surface area contributed by atoms with Crippen molar-refractivity contribution in [3.05, 3.63) is 0 Å². The first-order valence-electron chi connectivity index (χ1n) is 7.10. The Hall–Kier alpha value is -1.06. The molecule has 1 rings (SSSR count). The Kier molecular flexibility index (Phi) is 6.76. The quantitative estimate of drug-likeness (QED) is 0.494. The summed E-state index contributed by atoms with van der Waals surface area (Å²) in [6.07, 6.45) is 5.14. The van der Waals surface area contributed by atoms with Crippen molar-refractivity contribution < 1.29 is 14.3 Å². The molecule has 1 fully saturated rings. The predicted molar refractivity (Wildman–Crippen MR) is 70.1 cm³/mol. The molecule has 1 aliphatic rings. The van der Waals surface area contributed by atoms with Gasteiger partial charge in [-0.25, -0.2) is 0 Å². The molecule has 0 bridgehead atoms. The van der Waals surface area contributed by atoms with E-state index >= 15 is 0 Å². The highest BCUT2D eigenvalue weighted by Crippen LogP contribution is 2.20. The van der Waals surface area contributed by atoms with Crippen LogP contribution in [0.5, 0.6) is 0 Å². The van der Waals surface area contributed by atoms with Crippen molar-refractivity contribution in [1.29, 1.82) is 0 Å². The third-order valence-electron chi connectivity index (χ3n) is 3.49. The van der Waals surface area contributed by atoms with Crippen LogP contribution in [0.1, 0.15) is 52.4 Å². The molecule has 0 aromatic rings. The summed E-state index contributed by atoms with van der Waals surface area (Å²) in [4.78, 5) is 24.7. The standard InChI is InChI=1S/C14H25NO3/c1-3-12-10-13(16)15(11-12)9-7-5-6-8-14(17)18-4-2/h12H,3-11H2,1-2H3. The lowest BCUT2D eigenvalue weighted by molar-refractivity contribution is -0.143. The number of hydrogen-bond acceptors (Lipinski definition) is 3. The summed E-state index contributed by atoms with van der Waals surface area (Å²) in [5.41, 5.74) is 0. The number of nitrogens with zero attached hydrogens (tertiary/aromatic N) is 1. The van der Waals surface area contributed by atoms with Gasteiger partial charge in [-0.2, -0.15) is 0 Å². The third-order valence-corrected chi connectivity index (χ3v) is 3.49. The summed E-state index contributed by atoms with van der Waals surface area (Å²) in [6.45, 7) is 6.19. The molecule has 0 aromatic carbocycles. The summed E-state index contributed by atoms with van der Waals surface area (Å²) in [5, 5.41) is 0. The Balaban J connectivity index is 2.04. The van der Waals surface area contributed by atoms with Crippen LogP contribution in [-0.4, -0.2) is 36.5 Å². The van der Waals surface area contributed by atoms with Crippen molar-refractivity contribution in [3.63, 3.8) is 0 Å². The molecule has 0 saturated carbocycles. The Morgan fingerprint density at radius 2 is 2.11 bits per heavy atom. The van der Waals surface area contributed by atoms with Crippen molar-refractivity contribution in [1.82, 2.24) is 4.90 Å². The second-order valence-corrected chi connectivity index (χ2v) is 4.93. The summed E-state index contributed by atoms with van der Waals surface area (Å²) in [6, 6.07) is 0. The van der Waals surface area contributed by atoms with Crippen LogP contribution >= 0.6 is 0 Å². The van der Waals surface area contributed by atoms with Gasteiger partial charge in [0.15, 0.2) is 0 Å². The Morgan fingerprint density at radius 1 is 1.33 bits per heavy atom. The molecule has 0 aliphatic carbocycles. The van der Waals surface area contributed by atoms with Gasteiger partial charge in [-0.05, 0) is 25.7 Å².